The quantitative estimate of drug-likeness (QED) is 0.774. The van der Waals surface area contributed by atoms with Crippen molar-refractivity contribution in [3.8, 4) is 0 Å². The first-order valence-corrected chi connectivity index (χ1v) is 6.66. The van der Waals surface area contributed by atoms with Gasteiger partial charge in [-0.05, 0) is 41.6 Å². The highest BCUT2D eigenvalue weighted by molar-refractivity contribution is 9.10. The van der Waals surface area contributed by atoms with Gasteiger partial charge < -0.3 is 15.7 Å². The van der Waals surface area contributed by atoms with Gasteiger partial charge in [-0.1, -0.05) is 0 Å². The van der Waals surface area contributed by atoms with Crippen LogP contribution < -0.4 is 10.6 Å². The zero-order valence-electron chi connectivity index (χ0n) is 9.78. The molecular weight excluding hydrogens is 284 g/mol. The predicted molar refractivity (Wildman–Crippen MR) is 71.1 cm³/mol. The Morgan fingerprint density at radius 2 is 2.00 bits per heavy atom. The van der Waals surface area contributed by atoms with Crippen LogP contribution in [0, 0.1) is 5.92 Å². The van der Waals surface area contributed by atoms with Crippen molar-refractivity contribution in [3.05, 3.63) is 10.8 Å². The third kappa shape index (κ3) is 3.07. The summed E-state index contributed by atoms with van der Waals surface area (Å²) in [6.07, 6.45) is 3.21. The van der Waals surface area contributed by atoms with Gasteiger partial charge in [-0.3, -0.25) is 0 Å². The van der Waals surface area contributed by atoms with E-state index in [2.05, 4.69) is 36.5 Å². The molecule has 1 saturated carbocycles. The molecule has 0 aromatic carbocycles. The van der Waals surface area contributed by atoms with Crippen molar-refractivity contribution in [1.82, 2.24) is 9.97 Å². The number of nitrogens with one attached hydrogen (secondary N) is 2. The summed E-state index contributed by atoms with van der Waals surface area (Å²) in [4.78, 5) is 8.35. The highest BCUT2D eigenvalue weighted by Gasteiger charge is 2.26. The number of halogens is 1. The van der Waals surface area contributed by atoms with Crippen molar-refractivity contribution in [3.63, 3.8) is 0 Å². The molecule has 1 fully saturated rings. The Bertz CT molecular complexity index is 382. The van der Waals surface area contributed by atoms with E-state index in [0.717, 1.165) is 42.0 Å². The molecule has 3 N–H and O–H groups in total. The number of hydrogen-bond acceptors (Lipinski definition) is 5. The van der Waals surface area contributed by atoms with Crippen LogP contribution in [-0.2, 0) is 0 Å². The Balaban J connectivity index is 1.93. The predicted octanol–water partition coefficient (Wildman–Crippen LogP) is 1.85. The maximum atomic E-state index is 9.21. The number of aromatic nitrogens is 2. The van der Waals surface area contributed by atoms with Crippen LogP contribution in [0.2, 0.25) is 0 Å². The molecule has 0 unspecified atom stereocenters. The van der Waals surface area contributed by atoms with Crippen LogP contribution in [0.1, 0.15) is 19.8 Å². The number of aliphatic hydroxyl groups is 1. The lowest BCUT2D eigenvalue weighted by atomic mass is 9.82. The van der Waals surface area contributed by atoms with E-state index in [4.69, 9.17) is 0 Å². The van der Waals surface area contributed by atoms with Crippen molar-refractivity contribution >= 4 is 27.6 Å². The van der Waals surface area contributed by atoms with E-state index >= 15 is 0 Å². The molecule has 0 radical (unpaired) electrons. The molecule has 2 rings (SSSR count). The fraction of sp³-hybridized carbons (Fsp3) is 0.636. The van der Waals surface area contributed by atoms with Gasteiger partial charge in [-0.25, -0.2) is 9.97 Å². The van der Waals surface area contributed by atoms with Gasteiger partial charge in [-0.15, -0.1) is 0 Å². The van der Waals surface area contributed by atoms with E-state index in [-0.39, 0.29) is 6.10 Å². The highest BCUT2D eigenvalue weighted by Crippen LogP contribution is 2.30. The first-order chi connectivity index (χ1) is 8.20. The molecule has 1 aliphatic rings. The Morgan fingerprint density at radius 1 is 1.35 bits per heavy atom. The largest absolute Gasteiger partial charge is 0.393 e. The average molecular weight is 301 g/mol. The summed E-state index contributed by atoms with van der Waals surface area (Å²) in [6, 6.07) is 0. The van der Waals surface area contributed by atoms with Crippen molar-refractivity contribution in [2.75, 3.05) is 23.7 Å². The van der Waals surface area contributed by atoms with Crippen LogP contribution in [-0.4, -0.2) is 34.3 Å². The van der Waals surface area contributed by atoms with Gasteiger partial charge in [0.25, 0.3) is 0 Å². The van der Waals surface area contributed by atoms with Crippen LogP contribution in [0.5, 0.6) is 0 Å². The van der Waals surface area contributed by atoms with E-state index in [9.17, 15) is 5.11 Å². The van der Waals surface area contributed by atoms with Gasteiger partial charge in [0.2, 0.25) is 0 Å². The number of hydrogen-bond donors (Lipinski definition) is 3. The first kappa shape index (κ1) is 12.6. The fourth-order valence-corrected chi connectivity index (χ4v) is 2.38. The maximum absolute atomic E-state index is 9.21. The summed E-state index contributed by atoms with van der Waals surface area (Å²) < 4.78 is 0.863. The zero-order valence-corrected chi connectivity index (χ0v) is 11.4. The molecule has 6 heteroatoms. The van der Waals surface area contributed by atoms with Crippen molar-refractivity contribution in [2.24, 2.45) is 5.92 Å². The number of aliphatic hydroxyl groups excluding tert-OH is 1. The minimum absolute atomic E-state index is 0.104. The Labute approximate surface area is 109 Å². The second-order valence-electron chi connectivity index (χ2n) is 4.29. The Kier molecular flexibility index (Phi) is 4.17. The third-order valence-electron chi connectivity index (χ3n) is 2.90. The molecule has 0 spiro atoms. The van der Waals surface area contributed by atoms with Crippen LogP contribution in [0.25, 0.3) is 0 Å². The van der Waals surface area contributed by atoms with E-state index < -0.39 is 0 Å². The van der Waals surface area contributed by atoms with Gasteiger partial charge >= 0.3 is 0 Å². The second kappa shape index (κ2) is 5.64. The summed E-state index contributed by atoms with van der Waals surface area (Å²) in [6.45, 7) is 3.69. The van der Waals surface area contributed by atoms with E-state index in [1.807, 2.05) is 6.92 Å². The van der Waals surface area contributed by atoms with Gasteiger partial charge in [0.1, 0.15) is 22.4 Å². The third-order valence-corrected chi connectivity index (χ3v) is 3.65. The lowest BCUT2D eigenvalue weighted by Crippen LogP contribution is -2.33. The minimum atomic E-state index is -0.104. The number of rotatable bonds is 5. The molecule has 0 bridgehead atoms. The molecule has 17 heavy (non-hydrogen) atoms. The van der Waals surface area contributed by atoms with Crippen LogP contribution in [0.3, 0.4) is 0 Å². The summed E-state index contributed by atoms with van der Waals surface area (Å²) in [5.74, 6) is 2.16. The molecule has 1 aliphatic carbocycles. The summed E-state index contributed by atoms with van der Waals surface area (Å²) in [7, 11) is 0. The molecule has 0 atom stereocenters. The van der Waals surface area contributed by atoms with Crippen LogP contribution >= 0.6 is 15.9 Å². The van der Waals surface area contributed by atoms with E-state index in [0.29, 0.717) is 5.92 Å². The van der Waals surface area contributed by atoms with E-state index in [1.165, 1.54) is 0 Å². The topological polar surface area (TPSA) is 70.1 Å². The van der Waals surface area contributed by atoms with Crippen LogP contribution in [0.4, 0.5) is 11.6 Å². The summed E-state index contributed by atoms with van der Waals surface area (Å²) in [5, 5.41) is 15.7. The normalized spacial score (nSPS) is 23.0. The van der Waals surface area contributed by atoms with Gasteiger partial charge in [0.15, 0.2) is 0 Å². The second-order valence-corrected chi connectivity index (χ2v) is 5.08. The van der Waals surface area contributed by atoms with Gasteiger partial charge in [0, 0.05) is 13.1 Å². The van der Waals surface area contributed by atoms with Crippen molar-refractivity contribution in [2.45, 2.75) is 25.9 Å². The molecule has 1 aromatic heterocycles. The summed E-state index contributed by atoms with van der Waals surface area (Å²) >= 11 is 3.48. The molecular formula is C11H17BrN4O. The molecule has 5 nitrogen and oxygen atoms in total. The standard InChI is InChI=1S/C11H17BrN4O/c1-2-13-10-9(12)11(16-6-15-10)14-5-7-3-8(17)4-7/h6-8,17H,2-5H2,1H3,(H2,13,14,15,16). The monoisotopic (exact) mass is 300 g/mol. The molecule has 0 aliphatic heterocycles. The minimum Gasteiger partial charge on any atom is -0.393 e. The maximum Gasteiger partial charge on any atom is 0.145 e. The SMILES string of the molecule is CCNc1ncnc(NCC2CC(O)C2)c1Br. The number of anilines is 2. The van der Waals surface area contributed by atoms with Crippen LogP contribution in [0.15, 0.2) is 10.8 Å². The van der Waals surface area contributed by atoms with E-state index in [1.54, 1.807) is 6.33 Å². The Hall–Kier alpha value is -0.880. The molecule has 1 aromatic rings. The zero-order chi connectivity index (χ0) is 12.3. The Morgan fingerprint density at radius 3 is 2.59 bits per heavy atom. The fourth-order valence-electron chi connectivity index (χ4n) is 1.89. The van der Waals surface area contributed by atoms with Gasteiger partial charge in [-0.2, -0.15) is 0 Å². The van der Waals surface area contributed by atoms with Gasteiger partial charge in [0.05, 0.1) is 6.10 Å². The summed E-state index contributed by atoms with van der Waals surface area (Å²) in [5.41, 5.74) is 0. The lowest BCUT2D eigenvalue weighted by Gasteiger charge is -2.31. The number of nitrogens with zero attached hydrogens (tertiary/aromatic N) is 2. The van der Waals surface area contributed by atoms with Crippen molar-refractivity contribution in [1.29, 1.82) is 0 Å². The molecule has 0 amide bonds. The average Bonchev–Trinajstić information content (AvgIpc) is 2.27. The lowest BCUT2D eigenvalue weighted by molar-refractivity contribution is 0.0486. The molecule has 1 heterocycles. The molecule has 94 valence electrons. The van der Waals surface area contributed by atoms with Crippen molar-refractivity contribution < 1.29 is 5.11 Å². The molecule has 0 saturated heterocycles. The first-order valence-electron chi connectivity index (χ1n) is 5.87. The highest BCUT2D eigenvalue weighted by atomic mass is 79.9. The smallest absolute Gasteiger partial charge is 0.145 e.